The van der Waals surface area contributed by atoms with Gasteiger partial charge in [-0.15, -0.1) is 0 Å². The maximum Gasteiger partial charge on any atom is 0.704 e. The summed E-state index contributed by atoms with van der Waals surface area (Å²) < 4.78 is 19.5. The Kier molecular flexibility index (Phi) is 7.83. The molecule has 4 heteroatoms. The molecule has 3 heterocycles. The number of fused-ring (bicyclic) bond motifs is 5. The summed E-state index contributed by atoms with van der Waals surface area (Å²) in [5.74, 6) is 2.57. The fourth-order valence-electron chi connectivity index (χ4n) is 7.98. The van der Waals surface area contributed by atoms with Gasteiger partial charge in [0.15, 0.2) is 23.9 Å². The highest BCUT2D eigenvalue weighted by molar-refractivity contribution is 5.85. The summed E-state index contributed by atoms with van der Waals surface area (Å²) in [6.45, 7) is 20.7. The molecule has 0 amide bonds. The molecule has 2 aromatic rings. The van der Waals surface area contributed by atoms with Crippen LogP contribution < -0.4 is 9.47 Å². The van der Waals surface area contributed by atoms with E-state index in [2.05, 4.69) is 108 Å². The number of nitrogens with zero attached hydrogens (tertiary/aromatic N) is 2. The van der Waals surface area contributed by atoms with Crippen molar-refractivity contribution >= 4 is 12.4 Å². The third kappa shape index (κ3) is 5.25. The standard InChI is InChI=1S/C39H56N2O2/c1-10-12-16-27(17-13-11-2)28-20-26(3)35-29(21-28)24-40-33-18-14-15-19-34(33)41-25-30-22-31(37(4,5)6)23-32(38(7,8)9)36(30)43-39(40,41)42-35/h20-25,27,33-34H,10-19H2,1-9H3/q+2. The van der Waals surface area contributed by atoms with Gasteiger partial charge >= 0.3 is 6.03 Å². The Morgan fingerprint density at radius 3 is 1.86 bits per heavy atom. The quantitative estimate of drug-likeness (QED) is 0.303. The molecule has 0 radical (unpaired) electrons. The lowest BCUT2D eigenvalue weighted by Crippen LogP contribution is -2.60. The summed E-state index contributed by atoms with van der Waals surface area (Å²) >= 11 is 0. The van der Waals surface area contributed by atoms with Gasteiger partial charge in [-0.3, -0.25) is 0 Å². The van der Waals surface area contributed by atoms with Crippen LogP contribution in [0, 0.1) is 6.92 Å². The fourth-order valence-corrected chi connectivity index (χ4v) is 7.98. The maximum absolute atomic E-state index is 7.33. The van der Waals surface area contributed by atoms with Gasteiger partial charge in [0.05, 0.1) is 11.1 Å². The lowest BCUT2D eigenvalue weighted by Gasteiger charge is -2.33. The van der Waals surface area contributed by atoms with Crippen LogP contribution in [0.4, 0.5) is 0 Å². The minimum Gasteiger partial charge on any atom is -0.340 e. The van der Waals surface area contributed by atoms with Gasteiger partial charge in [-0.1, -0.05) is 102 Å². The summed E-state index contributed by atoms with van der Waals surface area (Å²) in [5.41, 5.74) is 7.71. The predicted octanol–water partition coefficient (Wildman–Crippen LogP) is 9.34. The molecule has 1 saturated carbocycles. The number of rotatable bonds is 7. The molecular formula is C39H56N2O2+2. The van der Waals surface area contributed by atoms with Crippen molar-refractivity contribution in [2.75, 3.05) is 0 Å². The Morgan fingerprint density at radius 1 is 0.767 bits per heavy atom. The summed E-state index contributed by atoms with van der Waals surface area (Å²) in [6.07, 6.45) is 17.2. The molecule has 1 aliphatic carbocycles. The zero-order valence-corrected chi connectivity index (χ0v) is 28.5. The van der Waals surface area contributed by atoms with Crippen molar-refractivity contribution in [3.05, 3.63) is 57.6 Å². The molecule has 6 rings (SSSR count). The first-order valence-electron chi connectivity index (χ1n) is 17.4. The fraction of sp³-hybridized carbons (Fsp3) is 0.641. The van der Waals surface area contributed by atoms with E-state index in [1.807, 2.05) is 0 Å². The van der Waals surface area contributed by atoms with Gasteiger partial charge in [-0.2, -0.15) is 0 Å². The molecule has 2 aromatic carbocycles. The first kappa shape index (κ1) is 30.4. The van der Waals surface area contributed by atoms with E-state index in [1.54, 1.807) is 0 Å². The van der Waals surface area contributed by atoms with Crippen LogP contribution in [0.15, 0.2) is 24.3 Å². The smallest absolute Gasteiger partial charge is 0.340 e. The summed E-state index contributed by atoms with van der Waals surface area (Å²) in [7, 11) is 0. The lowest BCUT2D eigenvalue weighted by molar-refractivity contribution is -0.866. The van der Waals surface area contributed by atoms with Crippen molar-refractivity contribution in [1.82, 2.24) is 0 Å². The Hall–Kier alpha value is -2.62. The topological polar surface area (TPSA) is 24.5 Å². The summed E-state index contributed by atoms with van der Waals surface area (Å²) in [6, 6.07) is 9.36. The molecule has 3 aliphatic heterocycles. The van der Waals surface area contributed by atoms with E-state index in [0.717, 1.165) is 17.9 Å². The minimum atomic E-state index is -0.987. The van der Waals surface area contributed by atoms with Gasteiger partial charge in [-0.05, 0) is 78.2 Å². The molecule has 232 valence electrons. The van der Waals surface area contributed by atoms with Crippen LogP contribution in [0.3, 0.4) is 0 Å². The van der Waals surface area contributed by atoms with Crippen molar-refractivity contribution in [2.24, 2.45) is 0 Å². The van der Waals surface area contributed by atoms with Crippen LogP contribution in [0.5, 0.6) is 11.5 Å². The molecular weight excluding hydrogens is 528 g/mol. The lowest BCUT2D eigenvalue weighted by atomic mass is 9.79. The largest absolute Gasteiger partial charge is 0.704 e. The molecule has 43 heavy (non-hydrogen) atoms. The normalized spacial score (nSPS) is 24.1. The van der Waals surface area contributed by atoms with Crippen molar-refractivity contribution in [2.45, 2.75) is 161 Å². The van der Waals surface area contributed by atoms with E-state index < -0.39 is 6.03 Å². The van der Waals surface area contributed by atoms with E-state index >= 15 is 0 Å². The first-order valence-corrected chi connectivity index (χ1v) is 17.4. The van der Waals surface area contributed by atoms with Gasteiger partial charge in [0.25, 0.3) is 0 Å². The van der Waals surface area contributed by atoms with Crippen LogP contribution in [-0.4, -0.2) is 39.7 Å². The summed E-state index contributed by atoms with van der Waals surface area (Å²) in [4.78, 5) is 0. The Labute approximate surface area is 261 Å². The number of unbranched alkanes of at least 4 members (excludes halogenated alkanes) is 2. The molecule has 0 N–H and O–H groups in total. The molecule has 0 bridgehead atoms. The van der Waals surface area contributed by atoms with E-state index in [-0.39, 0.29) is 10.8 Å². The maximum atomic E-state index is 7.33. The van der Waals surface area contributed by atoms with E-state index in [1.165, 1.54) is 91.2 Å². The van der Waals surface area contributed by atoms with Crippen LogP contribution in [0.1, 0.15) is 159 Å². The first-order chi connectivity index (χ1) is 20.4. The van der Waals surface area contributed by atoms with Crippen molar-refractivity contribution in [3.8, 4) is 11.5 Å². The van der Waals surface area contributed by atoms with Gasteiger partial charge in [-0.25, -0.2) is 0 Å². The zero-order valence-electron chi connectivity index (χ0n) is 28.5. The van der Waals surface area contributed by atoms with E-state index in [9.17, 15) is 0 Å². The van der Waals surface area contributed by atoms with E-state index in [4.69, 9.17) is 9.47 Å². The third-order valence-corrected chi connectivity index (χ3v) is 10.5. The van der Waals surface area contributed by atoms with Gasteiger partial charge in [0.2, 0.25) is 12.1 Å². The molecule has 3 unspecified atom stereocenters. The average Bonchev–Trinajstić information content (AvgIpc) is 3.22. The highest BCUT2D eigenvalue weighted by atomic mass is 16.7. The van der Waals surface area contributed by atoms with Crippen LogP contribution in [0.25, 0.3) is 0 Å². The molecule has 2 fully saturated rings. The zero-order chi connectivity index (χ0) is 30.7. The molecule has 1 saturated heterocycles. The monoisotopic (exact) mass is 584 g/mol. The van der Waals surface area contributed by atoms with Gasteiger partial charge in [0.1, 0.15) is 0 Å². The predicted molar refractivity (Wildman–Crippen MR) is 178 cm³/mol. The van der Waals surface area contributed by atoms with Gasteiger partial charge in [0, 0.05) is 18.4 Å². The highest BCUT2D eigenvalue weighted by Gasteiger charge is 2.76. The second-order valence-corrected chi connectivity index (χ2v) is 15.9. The van der Waals surface area contributed by atoms with Crippen molar-refractivity contribution in [1.29, 1.82) is 0 Å². The molecule has 3 atom stereocenters. The SMILES string of the molecule is CCCCC(CCCC)c1cc(C)c2c(c1)C=[N+]1C3CCCCC3[N+]3=Cc4cc(C(C)(C)C)cc(C(C)(C)C)c4OC13O2. The number of hydrogen-bond donors (Lipinski definition) is 0. The van der Waals surface area contributed by atoms with Crippen LogP contribution >= 0.6 is 0 Å². The number of hydrogen-bond acceptors (Lipinski definition) is 2. The number of benzene rings is 2. The Balaban J connectivity index is 1.51. The van der Waals surface area contributed by atoms with Crippen molar-refractivity contribution in [3.63, 3.8) is 0 Å². The summed E-state index contributed by atoms with van der Waals surface area (Å²) in [5, 5.41) is 0. The molecule has 4 aliphatic rings. The molecule has 4 nitrogen and oxygen atoms in total. The third-order valence-electron chi connectivity index (χ3n) is 10.5. The Bertz CT molecular complexity index is 1450. The number of ether oxygens (including phenoxy) is 2. The van der Waals surface area contributed by atoms with E-state index in [0.29, 0.717) is 18.0 Å². The second-order valence-electron chi connectivity index (χ2n) is 15.9. The highest BCUT2D eigenvalue weighted by Crippen LogP contribution is 2.48. The van der Waals surface area contributed by atoms with Crippen LogP contribution in [0.2, 0.25) is 0 Å². The van der Waals surface area contributed by atoms with Crippen LogP contribution in [-0.2, 0) is 10.8 Å². The molecule has 1 spiro atoms. The average molecular weight is 585 g/mol. The van der Waals surface area contributed by atoms with Gasteiger partial charge < -0.3 is 9.47 Å². The van der Waals surface area contributed by atoms with Crippen molar-refractivity contribution < 1.29 is 18.6 Å². The Morgan fingerprint density at radius 2 is 1.33 bits per heavy atom. The number of aryl methyl sites for hydroxylation is 1. The second kappa shape index (κ2) is 11.1. The minimum absolute atomic E-state index is 0.0530. The molecule has 0 aromatic heterocycles.